The van der Waals surface area contributed by atoms with Gasteiger partial charge in [-0.05, 0) is 37.5 Å². The maximum atomic E-state index is 12.6. The molecule has 0 atom stereocenters. The van der Waals surface area contributed by atoms with Crippen LogP contribution in [0.2, 0.25) is 0 Å². The van der Waals surface area contributed by atoms with E-state index in [2.05, 4.69) is 6.07 Å². The number of benzene rings is 1. The van der Waals surface area contributed by atoms with E-state index in [4.69, 9.17) is 0 Å². The lowest BCUT2D eigenvalue weighted by Crippen LogP contribution is -2.46. The van der Waals surface area contributed by atoms with Crippen LogP contribution in [0.5, 0.6) is 0 Å². The third-order valence-electron chi connectivity index (χ3n) is 3.89. The van der Waals surface area contributed by atoms with Crippen molar-refractivity contribution in [3.05, 3.63) is 29.8 Å². The van der Waals surface area contributed by atoms with Gasteiger partial charge in [-0.25, -0.2) is 8.42 Å². The van der Waals surface area contributed by atoms with Crippen LogP contribution >= 0.6 is 0 Å². The molecular formula is C14H18N2O2S. The molecule has 0 N–H and O–H groups in total. The summed E-state index contributed by atoms with van der Waals surface area (Å²) in [5.41, 5.74) is 0.0228. The zero-order valence-electron chi connectivity index (χ0n) is 11.3. The second kappa shape index (κ2) is 4.95. The Morgan fingerprint density at radius 3 is 2.47 bits per heavy atom. The summed E-state index contributed by atoms with van der Waals surface area (Å²) in [6.45, 7) is 1.86. The van der Waals surface area contributed by atoms with Crippen LogP contribution in [0.4, 0.5) is 0 Å². The molecule has 0 amide bonds. The predicted octanol–water partition coefficient (Wildman–Crippen LogP) is 2.45. The molecule has 0 saturated heterocycles. The highest BCUT2D eigenvalue weighted by atomic mass is 32.2. The summed E-state index contributed by atoms with van der Waals surface area (Å²) in [6.07, 6.45) is 3.04. The van der Waals surface area contributed by atoms with Crippen LogP contribution in [-0.4, -0.2) is 25.3 Å². The molecule has 0 aromatic heterocycles. The molecule has 1 aromatic rings. The molecule has 0 spiro atoms. The summed E-state index contributed by atoms with van der Waals surface area (Å²) in [5, 5.41) is 9.40. The van der Waals surface area contributed by atoms with Gasteiger partial charge >= 0.3 is 0 Å². The third kappa shape index (κ3) is 2.38. The summed E-state index contributed by atoms with van der Waals surface area (Å²) < 4.78 is 26.5. The average molecular weight is 278 g/mol. The SMILES string of the molecule is Cc1cccc(S(=O)(=O)N(C)C2(C#N)CCCC2)c1. The number of nitriles is 1. The minimum absolute atomic E-state index is 0.261. The fourth-order valence-electron chi connectivity index (χ4n) is 2.62. The van der Waals surface area contributed by atoms with E-state index in [9.17, 15) is 13.7 Å². The van der Waals surface area contributed by atoms with Crippen molar-refractivity contribution in [2.75, 3.05) is 7.05 Å². The van der Waals surface area contributed by atoms with Gasteiger partial charge in [0.25, 0.3) is 0 Å². The van der Waals surface area contributed by atoms with Crippen molar-refractivity contribution in [2.24, 2.45) is 0 Å². The number of rotatable bonds is 3. The number of aryl methyl sites for hydroxylation is 1. The van der Waals surface area contributed by atoms with Gasteiger partial charge in [0.15, 0.2) is 0 Å². The summed E-state index contributed by atoms with van der Waals surface area (Å²) in [4.78, 5) is 0.261. The number of hydrogen-bond acceptors (Lipinski definition) is 3. The van der Waals surface area contributed by atoms with Crippen molar-refractivity contribution in [2.45, 2.75) is 43.0 Å². The highest BCUT2D eigenvalue weighted by Crippen LogP contribution is 2.37. The average Bonchev–Trinajstić information content (AvgIpc) is 2.87. The molecule has 1 fully saturated rings. The van der Waals surface area contributed by atoms with Gasteiger partial charge in [-0.3, -0.25) is 0 Å². The molecule has 0 aliphatic heterocycles. The van der Waals surface area contributed by atoms with Crippen molar-refractivity contribution < 1.29 is 8.42 Å². The highest BCUT2D eigenvalue weighted by molar-refractivity contribution is 7.89. The maximum absolute atomic E-state index is 12.6. The van der Waals surface area contributed by atoms with Crippen LogP contribution in [0.25, 0.3) is 0 Å². The summed E-state index contributed by atoms with van der Waals surface area (Å²) in [7, 11) is -2.08. The summed E-state index contributed by atoms with van der Waals surface area (Å²) >= 11 is 0. The Bertz CT molecular complexity index is 611. The Labute approximate surface area is 114 Å². The van der Waals surface area contributed by atoms with Gasteiger partial charge in [0.05, 0.1) is 11.0 Å². The fraction of sp³-hybridized carbons (Fsp3) is 0.500. The van der Waals surface area contributed by atoms with E-state index >= 15 is 0 Å². The van der Waals surface area contributed by atoms with Crippen molar-refractivity contribution in [3.63, 3.8) is 0 Å². The van der Waals surface area contributed by atoms with Crippen molar-refractivity contribution in [1.29, 1.82) is 5.26 Å². The molecule has 5 heteroatoms. The van der Waals surface area contributed by atoms with Crippen LogP contribution in [0, 0.1) is 18.3 Å². The molecule has 1 aliphatic carbocycles. The molecule has 4 nitrogen and oxygen atoms in total. The molecule has 1 saturated carbocycles. The molecule has 2 rings (SSSR count). The molecule has 0 radical (unpaired) electrons. The van der Waals surface area contributed by atoms with Gasteiger partial charge in [0, 0.05) is 7.05 Å². The van der Waals surface area contributed by atoms with Crippen LogP contribution in [-0.2, 0) is 10.0 Å². The monoisotopic (exact) mass is 278 g/mol. The zero-order valence-corrected chi connectivity index (χ0v) is 12.1. The molecular weight excluding hydrogens is 260 g/mol. The van der Waals surface area contributed by atoms with E-state index in [0.29, 0.717) is 12.8 Å². The van der Waals surface area contributed by atoms with Crippen LogP contribution in [0.15, 0.2) is 29.2 Å². The van der Waals surface area contributed by atoms with E-state index in [-0.39, 0.29) is 4.90 Å². The zero-order chi connectivity index (χ0) is 14.1. The first-order chi connectivity index (χ1) is 8.92. The molecule has 102 valence electrons. The number of nitrogens with zero attached hydrogens (tertiary/aromatic N) is 2. The standard InChI is InChI=1S/C14H18N2O2S/c1-12-6-5-7-13(10-12)19(17,18)16(2)14(11-15)8-3-4-9-14/h5-7,10H,3-4,8-9H2,1-2H3. The van der Waals surface area contributed by atoms with E-state index in [1.54, 1.807) is 18.2 Å². The highest BCUT2D eigenvalue weighted by Gasteiger charge is 2.44. The van der Waals surface area contributed by atoms with Crippen LogP contribution < -0.4 is 0 Å². The second-order valence-electron chi connectivity index (χ2n) is 5.14. The number of hydrogen-bond donors (Lipinski definition) is 0. The lowest BCUT2D eigenvalue weighted by molar-refractivity contribution is 0.293. The molecule has 1 aromatic carbocycles. The number of sulfonamides is 1. The topological polar surface area (TPSA) is 61.2 Å². The minimum Gasteiger partial charge on any atom is -0.207 e. The van der Waals surface area contributed by atoms with Crippen LogP contribution in [0.3, 0.4) is 0 Å². The van der Waals surface area contributed by atoms with Crippen molar-refractivity contribution >= 4 is 10.0 Å². The minimum atomic E-state index is -3.60. The Balaban J connectivity index is 2.43. The molecule has 19 heavy (non-hydrogen) atoms. The van der Waals surface area contributed by atoms with Crippen molar-refractivity contribution in [3.8, 4) is 6.07 Å². The summed E-state index contributed by atoms with van der Waals surface area (Å²) in [5.74, 6) is 0. The van der Waals surface area contributed by atoms with E-state index in [1.807, 2.05) is 13.0 Å². The van der Waals surface area contributed by atoms with Crippen LogP contribution in [0.1, 0.15) is 31.2 Å². The molecule has 1 aliphatic rings. The predicted molar refractivity (Wildman–Crippen MR) is 72.9 cm³/mol. The Hall–Kier alpha value is -1.38. The second-order valence-corrected chi connectivity index (χ2v) is 7.11. The van der Waals surface area contributed by atoms with Crippen molar-refractivity contribution in [1.82, 2.24) is 4.31 Å². The van der Waals surface area contributed by atoms with Gasteiger partial charge < -0.3 is 0 Å². The van der Waals surface area contributed by atoms with Gasteiger partial charge in [-0.15, -0.1) is 0 Å². The lowest BCUT2D eigenvalue weighted by atomic mass is 10.0. The van der Waals surface area contributed by atoms with Gasteiger partial charge in [0.2, 0.25) is 10.0 Å². The first-order valence-electron chi connectivity index (χ1n) is 6.39. The lowest BCUT2D eigenvalue weighted by Gasteiger charge is -2.31. The molecule has 0 bridgehead atoms. The molecule has 0 heterocycles. The summed E-state index contributed by atoms with van der Waals surface area (Å²) in [6, 6.07) is 9.02. The molecule has 0 unspecified atom stereocenters. The first kappa shape index (κ1) is 14.0. The Morgan fingerprint density at radius 2 is 1.95 bits per heavy atom. The Kier molecular flexibility index (Phi) is 3.66. The fourth-order valence-corrected chi connectivity index (χ4v) is 4.21. The van der Waals surface area contributed by atoms with E-state index in [0.717, 1.165) is 18.4 Å². The normalized spacial score (nSPS) is 18.4. The first-order valence-corrected chi connectivity index (χ1v) is 7.83. The smallest absolute Gasteiger partial charge is 0.207 e. The largest absolute Gasteiger partial charge is 0.244 e. The van der Waals surface area contributed by atoms with E-state index in [1.165, 1.54) is 11.4 Å². The van der Waals surface area contributed by atoms with Gasteiger partial charge in [-0.1, -0.05) is 25.0 Å². The van der Waals surface area contributed by atoms with Gasteiger partial charge in [0.1, 0.15) is 5.54 Å². The Morgan fingerprint density at radius 1 is 1.32 bits per heavy atom. The quantitative estimate of drug-likeness (QED) is 0.853. The third-order valence-corrected chi connectivity index (χ3v) is 5.81. The maximum Gasteiger partial charge on any atom is 0.244 e. The van der Waals surface area contributed by atoms with E-state index < -0.39 is 15.6 Å². The van der Waals surface area contributed by atoms with Gasteiger partial charge in [-0.2, -0.15) is 9.57 Å².